The Hall–Kier alpha value is -2.43. The highest BCUT2D eigenvalue weighted by Crippen LogP contribution is 2.26. The predicted octanol–water partition coefficient (Wildman–Crippen LogP) is 2.58. The average molecular weight is 245 g/mol. The molecule has 18 heavy (non-hydrogen) atoms. The fourth-order valence-electron chi connectivity index (χ4n) is 1.62. The molecular weight excluding hydrogens is 234 g/mol. The number of aldehydes is 1. The van der Waals surface area contributed by atoms with Gasteiger partial charge in [-0.15, -0.1) is 0 Å². The summed E-state index contributed by atoms with van der Waals surface area (Å²) < 4.78 is 9.77. The largest absolute Gasteiger partial charge is 0.513 e. The molecule has 1 heterocycles. The molecule has 0 saturated carbocycles. The van der Waals surface area contributed by atoms with Gasteiger partial charge >= 0.3 is 6.16 Å². The fraction of sp³-hybridized carbons (Fsp3) is 0.154. The highest BCUT2D eigenvalue weighted by atomic mass is 16.7. The minimum Gasteiger partial charge on any atom is -0.434 e. The van der Waals surface area contributed by atoms with E-state index >= 15 is 0 Å². The number of hydrogen-bond donors (Lipinski definition) is 0. The van der Waals surface area contributed by atoms with E-state index in [0.29, 0.717) is 28.5 Å². The van der Waals surface area contributed by atoms with Gasteiger partial charge < -0.3 is 9.47 Å². The third kappa shape index (κ3) is 2.29. The number of aromatic nitrogens is 1. The van der Waals surface area contributed by atoms with Gasteiger partial charge in [-0.25, -0.2) is 4.79 Å². The number of pyridine rings is 1. The molecule has 1 aromatic carbocycles. The molecule has 0 aliphatic heterocycles. The summed E-state index contributed by atoms with van der Waals surface area (Å²) in [5.74, 6) is 0.344. The molecular formula is C13H11NO4. The first-order valence-electron chi connectivity index (χ1n) is 5.43. The molecule has 0 aliphatic carbocycles. The summed E-state index contributed by atoms with van der Waals surface area (Å²) in [6.45, 7) is 1.93. The lowest BCUT2D eigenvalue weighted by Crippen LogP contribution is -2.10. The molecule has 92 valence electrons. The van der Waals surface area contributed by atoms with Crippen molar-refractivity contribution in [3.8, 4) is 5.75 Å². The Morgan fingerprint density at radius 3 is 2.89 bits per heavy atom. The summed E-state index contributed by atoms with van der Waals surface area (Å²) in [7, 11) is 0. The molecule has 5 nitrogen and oxygen atoms in total. The van der Waals surface area contributed by atoms with Crippen LogP contribution in [0.5, 0.6) is 5.75 Å². The summed E-state index contributed by atoms with van der Waals surface area (Å²) in [6, 6.07) is 6.74. The minimum absolute atomic E-state index is 0.241. The van der Waals surface area contributed by atoms with Gasteiger partial charge in [-0.1, -0.05) is 12.1 Å². The van der Waals surface area contributed by atoms with Crippen LogP contribution in [0.2, 0.25) is 0 Å². The van der Waals surface area contributed by atoms with Gasteiger partial charge in [0.15, 0.2) is 6.29 Å². The zero-order valence-electron chi connectivity index (χ0n) is 9.75. The van der Waals surface area contributed by atoms with Crippen LogP contribution in [-0.4, -0.2) is 24.0 Å². The van der Waals surface area contributed by atoms with E-state index in [1.54, 1.807) is 31.2 Å². The van der Waals surface area contributed by atoms with Crippen LogP contribution in [0.25, 0.3) is 10.8 Å². The van der Waals surface area contributed by atoms with Gasteiger partial charge in [0.2, 0.25) is 0 Å². The van der Waals surface area contributed by atoms with Crippen LogP contribution in [0.15, 0.2) is 30.5 Å². The smallest absolute Gasteiger partial charge is 0.434 e. The summed E-state index contributed by atoms with van der Waals surface area (Å²) in [6.07, 6.45) is 1.38. The third-order valence-electron chi connectivity index (χ3n) is 2.36. The van der Waals surface area contributed by atoms with E-state index in [9.17, 15) is 9.59 Å². The molecule has 0 atom stereocenters. The zero-order chi connectivity index (χ0) is 13.0. The lowest BCUT2D eigenvalue weighted by Gasteiger charge is -2.07. The number of fused-ring (bicyclic) bond motifs is 1. The second kappa shape index (κ2) is 5.27. The maximum absolute atomic E-state index is 11.3. The Morgan fingerprint density at radius 1 is 1.33 bits per heavy atom. The number of hydrogen-bond acceptors (Lipinski definition) is 5. The van der Waals surface area contributed by atoms with Crippen molar-refractivity contribution in [1.82, 2.24) is 4.98 Å². The second-order valence-corrected chi connectivity index (χ2v) is 3.45. The maximum Gasteiger partial charge on any atom is 0.513 e. The highest BCUT2D eigenvalue weighted by molar-refractivity contribution is 5.99. The van der Waals surface area contributed by atoms with Crippen molar-refractivity contribution in [2.45, 2.75) is 6.92 Å². The van der Waals surface area contributed by atoms with E-state index in [1.165, 1.54) is 6.20 Å². The van der Waals surface area contributed by atoms with E-state index in [2.05, 4.69) is 4.98 Å². The van der Waals surface area contributed by atoms with Gasteiger partial charge in [-0.3, -0.25) is 9.78 Å². The zero-order valence-corrected chi connectivity index (χ0v) is 9.75. The van der Waals surface area contributed by atoms with Gasteiger partial charge in [0, 0.05) is 17.0 Å². The van der Waals surface area contributed by atoms with Crippen molar-refractivity contribution in [3.05, 3.63) is 36.2 Å². The van der Waals surface area contributed by atoms with E-state index in [-0.39, 0.29) is 6.61 Å². The van der Waals surface area contributed by atoms with Crippen LogP contribution in [0.4, 0.5) is 4.79 Å². The topological polar surface area (TPSA) is 65.5 Å². The van der Waals surface area contributed by atoms with Crippen molar-refractivity contribution < 1.29 is 19.1 Å². The quantitative estimate of drug-likeness (QED) is 0.472. The molecule has 0 spiro atoms. The minimum atomic E-state index is -0.769. The van der Waals surface area contributed by atoms with Crippen molar-refractivity contribution in [3.63, 3.8) is 0 Å². The predicted molar refractivity (Wildman–Crippen MR) is 64.8 cm³/mol. The maximum atomic E-state index is 11.3. The first-order chi connectivity index (χ1) is 8.76. The van der Waals surface area contributed by atoms with Crippen LogP contribution in [0.3, 0.4) is 0 Å². The fourth-order valence-corrected chi connectivity index (χ4v) is 1.62. The molecule has 0 N–H and O–H groups in total. The number of nitrogens with zero attached hydrogens (tertiary/aromatic N) is 1. The van der Waals surface area contributed by atoms with Crippen LogP contribution in [-0.2, 0) is 4.74 Å². The Bertz CT molecular complexity index is 595. The lowest BCUT2D eigenvalue weighted by atomic mass is 10.1. The number of carbonyl (C=O) groups excluding carboxylic acids is 2. The molecule has 0 bridgehead atoms. The van der Waals surface area contributed by atoms with E-state index in [4.69, 9.17) is 9.47 Å². The van der Waals surface area contributed by atoms with Crippen LogP contribution >= 0.6 is 0 Å². The number of benzene rings is 1. The van der Waals surface area contributed by atoms with E-state index in [0.717, 1.165) is 0 Å². The van der Waals surface area contributed by atoms with Crippen molar-refractivity contribution in [2.24, 2.45) is 0 Å². The highest BCUT2D eigenvalue weighted by Gasteiger charge is 2.10. The molecule has 0 aliphatic rings. The summed E-state index contributed by atoms with van der Waals surface area (Å²) in [5, 5.41) is 1.27. The number of rotatable bonds is 3. The molecule has 0 fully saturated rings. The van der Waals surface area contributed by atoms with Crippen molar-refractivity contribution in [1.29, 1.82) is 0 Å². The molecule has 0 saturated heterocycles. The van der Waals surface area contributed by atoms with Crippen LogP contribution in [0.1, 0.15) is 17.4 Å². The standard InChI is InChI=1S/C13H11NO4/c1-2-17-13(16)18-12-5-3-4-9-10(12)6-7-14-11(9)8-15/h3-8H,2H2,1H3. The van der Waals surface area contributed by atoms with Gasteiger partial charge in [0.25, 0.3) is 0 Å². The van der Waals surface area contributed by atoms with Gasteiger partial charge in [0.05, 0.1) is 6.61 Å². The summed E-state index contributed by atoms with van der Waals surface area (Å²) in [4.78, 5) is 26.1. The van der Waals surface area contributed by atoms with Crippen molar-refractivity contribution in [2.75, 3.05) is 6.61 Å². The van der Waals surface area contributed by atoms with Gasteiger partial charge in [-0.2, -0.15) is 0 Å². The second-order valence-electron chi connectivity index (χ2n) is 3.45. The molecule has 0 radical (unpaired) electrons. The average Bonchev–Trinajstić information content (AvgIpc) is 2.38. The third-order valence-corrected chi connectivity index (χ3v) is 2.36. The summed E-state index contributed by atoms with van der Waals surface area (Å²) in [5.41, 5.74) is 0.307. The summed E-state index contributed by atoms with van der Waals surface area (Å²) >= 11 is 0. The molecule has 2 rings (SSSR count). The molecule has 0 unspecified atom stereocenters. The Labute approximate surface area is 103 Å². The van der Waals surface area contributed by atoms with Gasteiger partial charge in [0.1, 0.15) is 11.4 Å². The number of carbonyl (C=O) groups is 2. The molecule has 1 aromatic heterocycles. The normalized spacial score (nSPS) is 10.1. The van der Waals surface area contributed by atoms with Crippen molar-refractivity contribution >= 4 is 23.2 Å². The molecule has 2 aromatic rings. The van der Waals surface area contributed by atoms with Gasteiger partial charge in [-0.05, 0) is 19.1 Å². The molecule has 0 amide bonds. The number of ether oxygens (including phenoxy) is 2. The van der Waals surface area contributed by atoms with E-state index in [1.807, 2.05) is 0 Å². The lowest BCUT2D eigenvalue weighted by molar-refractivity contribution is 0.105. The Morgan fingerprint density at radius 2 is 2.17 bits per heavy atom. The van der Waals surface area contributed by atoms with Crippen LogP contribution < -0.4 is 4.74 Å². The first-order valence-corrected chi connectivity index (χ1v) is 5.43. The first kappa shape index (κ1) is 12.0. The monoisotopic (exact) mass is 245 g/mol. The van der Waals surface area contributed by atoms with Crippen LogP contribution in [0, 0.1) is 0 Å². The Kier molecular flexibility index (Phi) is 3.52. The Balaban J connectivity index is 2.45. The molecule has 5 heteroatoms. The SMILES string of the molecule is CCOC(=O)Oc1cccc2c(C=O)nccc12. The van der Waals surface area contributed by atoms with E-state index < -0.39 is 6.16 Å².